The first-order valence-electron chi connectivity index (χ1n) is 15.0. The fourth-order valence-corrected chi connectivity index (χ4v) is 7.72. The highest BCUT2D eigenvalue weighted by atomic mass is 32.2. The van der Waals surface area contributed by atoms with E-state index < -0.39 is 27.8 Å². The minimum absolute atomic E-state index is 0.170. The number of fused-ring (bicyclic) bond motifs is 1. The Labute approximate surface area is 257 Å². The molecule has 0 saturated carbocycles. The maximum absolute atomic E-state index is 13.3. The number of carbonyl (C=O) groups is 2. The maximum Gasteiger partial charge on any atom is 0.253 e. The Balaban J connectivity index is 1.11. The molecule has 232 valence electrons. The van der Waals surface area contributed by atoms with Crippen molar-refractivity contribution in [2.24, 2.45) is 4.99 Å². The molecule has 0 aromatic heterocycles. The number of amidine groups is 1. The van der Waals surface area contributed by atoms with Gasteiger partial charge in [0, 0.05) is 42.7 Å². The number of halogens is 1. The van der Waals surface area contributed by atoms with Crippen LogP contribution in [-0.2, 0) is 21.2 Å². The molecule has 44 heavy (non-hydrogen) atoms. The third-order valence-electron chi connectivity index (χ3n) is 9.42. The van der Waals surface area contributed by atoms with Crippen molar-refractivity contribution in [3.05, 3.63) is 80.8 Å². The summed E-state index contributed by atoms with van der Waals surface area (Å²) in [6.45, 7) is 3.71. The molecule has 0 bridgehead atoms. The van der Waals surface area contributed by atoms with Crippen molar-refractivity contribution >= 4 is 39.8 Å². The second kappa shape index (κ2) is 11.4. The number of piperidine rings is 2. The van der Waals surface area contributed by atoms with Gasteiger partial charge in [-0.3, -0.25) is 14.6 Å². The van der Waals surface area contributed by atoms with Crippen LogP contribution in [0.5, 0.6) is 0 Å². The predicted octanol–water partition coefficient (Wildman–Crippen LogP) is 3.52. The zero-order valence-electron chi connectivity index (χ0n) is 25.0. The Hall–Kier alpha value is -3.67. The molecule has 2 N–H and O–H groups in total. The second-order valence-corrected chi connectivity index (χ2v) is 14.2. The summed E-state index contributed by atoms with van der Waals surface area (Å²) in [5.41, 5.74) is 3.56. The Morgan fingerprint density at radius 2 is 1.75 bits per heavy atom. The smallest absolute Gasteiger partial charge is 0.253 e. The average Bonchev–Trinajstić information content (AvgIpc) is 3.60. The molecule has 1 spiro atoms. The molecule has 2 aromatic rings. The number of likely N-dealkylation sites (tertiary alicyclic amines) is 1. The molecule has 6 rings (SSSR count). The number of allylic oxidation sites excluding steroid dienone is 1. The zero-order valence-corrected chi connectivity index (χ0v) is 25.8. The summed E-state index contributed by atoms with van der Waals surface area (Å²) in [6.07, 6.45) is 7.54. The molecule has 2 saturated heterocycles. The number of aryl methyl sites for hydroxylation is 2. The average molecular weight is 621 g/mol. The largest absolute Gasteiger partial charge is 0.387 e. The van der Waals surface area contributed by atoms with Gasteiger partial charge in [-0.1, -0.05) is 24.3 Å². The van der Waals surface area contributed by atoms with Crippen molar-refractivity contribution in [3.8, 4) is 0 Å². The number of hydrogen-bond acceptors (Lipinski definition) is 6. The number of aliphatic imine (C=N–C) groups is 1. The summed E-state index contributed by atoms with van der Waals surface area (Å²) in [6, 6.07) is 9.48. The number of alkyl halides is 1. The van der Waals surface area contributed by atoms with Crippen LogP contribution in [0.4, 0.5) is 4.39 Å². The van der Waals surface area contributed by atoms with Gasteiger partial charge in [0.2, 0.25) is 10.0 Å². The third kappa shape index (κ3) is 5.64. The highest BCUT2D eigenvalue weighted by Gasteiger charge is 2.47. The molecule has 3 aliphatic heterocycles. The lowest BCUT2D eigenvalue weighted by Gasteiger charge is -2.36. The summed E-state index contributed by atoms with van der Waals surface area (Å²) in [5.74, 6) is 0.148. The van der Waals surface area contributed by atoms with Crippen LogP contribution in [0, 0.1) is 13.8 Å². The number of hydrogen-bond donors (Lipinski definition) is 2. The van der Waals surface area contributed by atoms with Gasteiger partial charge in [0.1, 0.15) is 18.0 Å². The fourth-order valence-electron chi connectivity index (χ4n) is 6.55. The van der Waals surface area contributed by atoms with Crippen LogP contribution in [0.1, 0.15) is 69.4 Å². The lowest BCUT2D eigenvalue weighted by molar-refractivity contribution is -0.124. The summed E-state index contributed by atoms with van der Waals surface area (Å²) in [5, 5.41) is 14.3. The molecule has 3 heterocycles. The van der Waals surface area contributed by atoms with E-state index in [9.17, 15) is 27.5 Å². The van der Waals surface area contributed by atoms with Crippen molar-refractivity contribution in [2.75, 3.05) is 32.9 Å². The van der Waals surface area contributed by atoms with Crippen molar-refractivity contribution in [3.63, 3.8) is 0 Å². The van der Waals surface area contributed by atoms with Crippen LogP contribution in [-0.4, -0.2) is 84.4 Å². The molecule has 2 amide bonds. The number of nitrogens with zero attached hydrogens (tertiary/aromatic N) is 3. The molecule has 2 aromatic carbocycles. The summed E-state index contributed by atoms with van der Waals surface area (Å²) < 4.78 is 41.1. The quantitative estimate of drug-likeness (QED) is 0.513. The van der Waals surface area contributed by atoms with Crippen LogP contribution >= 0.6 is 0 Å². The van der Waals surface area contributed by atoms with E-state index in [1.54, 1.807) is 23.1 Å². The van der Waals surface area contributed by atoms with Gasteiger partial charge < -0.3 is 15.3 Å². The maximum atomic E-state index is 13.3. The van der Waals surface area contributed by atoms with Crippen molar-refractivity contribution in [2.45, 2.75) is 57.1 Å². The predicted molar refractivity (Wildman–Crippen MR) is 167 cm³/mol. The van der Waals surface area contributed by atoms with Gasteiger partial charge in [-0.25, -0.2) is 12.8 Å². The highest BCUT2D eigenvalue weighted by Crippen LogP contribution is 2.33. The normalized spacial score (nSPS) is 21.1. The molecule has 4 aliphatic rings. The Kier molecular flexibility index (Phi) is 7.84. The van der Waals surface area contributed by atoms with Gasteiger partial charge in [-0.15, -0.1) is 0 Å². The first-order valence-corrected chi connectivity index (χ1v) is 16.5. The number of carbonyl (C=O) groups excluding carboxylic acids is 2. The lowest BCUT2D eigenvalue weighted by Crippen LogP contribution is -2.50. The van der Waals surface area contributed by atoms with Gasteiger partial charge in [0.25, 0.3) is 11.8 Å². The van der Waals surface area contributed by atoms with E-state index in [1.165, 1.54) is 20.8 Å². The SMILES string of the molecule is Cc1cc(C(=O)N2CCC(O)(CF)CC2)cc(C)c1/C=C/S(=O)(=O)N1CCC2(CC1)N=C(c1ccc3c(c1)CC=C3)NC2=O. The number of nitrogens with one attached hydrogen (secondary N) is 1. The molecule has 0 atom stereocenters. The first-order chi connectivity index (χ1) is 20.9. The van der Waals surface area contributed by atoms with Crippen LogP contribution in [0.15, 0.2) is 46.8 Å². The number of rotatable bonds is 6. The van der Waals surface area contributed by atoms with Crippen molar-refractivity contribution in [1.29, 1.82) is 0 Å². The van der Waals surface area contributed by atoms with E-state index in [0.29, 0.717) is 17.0 Å². The summed E-state index contributed by atoms with van der Waals surface area (Å²) >= 11 is 0. The molecule has 0 unspecified atom stereocenters. The van der Waals surface area contributed by atoms with Crippen LogP contribution in [0.25, 0.3) is 12.2 Å². The number of amides is 2. The Bertz CT molecular complexity index is 1690. The highest BCUT2D eigenvalue weighted by molar-refractivity contribution is 7.92. The van der Waals surface area contributed by atoms with E-state index in [0.717, 1.165) is 23.1 Å². The molecule has 1 aliphatic carbocycles. The van der Waals surface area contributed by atoms with Gasteiger partial charge in [-0.05, 0) is 98.0 Å². The van der Waals surface area contributed by atoms with Gasteiger partial charge in [-0.2, -0.15) is 4.31 Å². The van der Waals surface area contributed by atoms with E-state index in [1.807, 2.05) is 32.0 Å². The van der Waals surface area contributed by atoms with E-state index in [4.69, 9.17) is 4.99 Å². The minimum atomic E-state index is -3.77. The number of sulfonamides is 1. The van der Waals surface area contributed by atoms with E-state index in [2.05, 4.69) is 17.5 Å². The summed E-state index contributed by atoms with van der Waals surface area (Å²) in [7, 11) is -3.77. The third-order valence-corrected chi connectivity index (χ3v) is 11.0. The molecular formula is C33H37FN4O5S. The van der Waals surface area contributed by atoms with Gasteiger partial charge in [0.15, 0.2) is 0 Å². The zero-order chi connectivity index (χ0) is 31.3. The molecule has 0 radical (unpaired) electrons. The van der Waals surface area contributed by atoms with E-state index in [-0.39, 0.29) is 63.7 Å². The van der Waals surface area contributed by atoms with E-state index >= 15 is 0 Å². The van der Waals surface area contributed by atoms with Crippen LogP contribution < -0.4 is 5.32 Å². The summed E-state index contributed by atoms with van der Waals surface area (Å²) in [4.78, 5) is 32.6. The van der Waals surface area contributed by atoms with Gasteiger partial charge in [0.05, 0.1) is 5.60 Å². The fraction of sp³-hybridized carbons (Fsp3) is 0.424. The molecule has 9 nitrogen and oxygen atoms in total. The molecular weight excluding hydrogens is 583 g/mol. The Morgan fingerprint density at radius 3 is 2.41 bits per heavy atom. The lowest BCUT2D eigenvalue weighted by atomic mass is 9.89. The molecule has 11 heteroatoms. The second-order valence-electron chi connectivity index (χ2n) is 12.4. The minimum Gasteiger partial charge on any atom is -0.387 e. The number of benzene rings is 2. The first kappa shape index (κ1) is 30.4. The van der Waals surface area contributed by atoms with Gasteiger partial charge >= 0.3 is 0 Å². The number of aliphatic hydroxyl groups is 1. The van der Waals surface area contributed by atoms with Crippen molar-refractivity contribution < 1.29 is 27.5 Å². The monoisotopic (exact) mass is 620 g/mol. The van der Waals surface area contributed by atoms with Crippen LogP contribution in [0.3, 0.4) is 0 Å². The molecule has 2 fully saturated rings. The van der Waals surface area contributed by atoms with Crippen LogP contribution in [0.2, 0.25) is 0 Å². The van der Waals surface area contributed by atoms with Crippen molar-refractivity contribution in [1.82, 2.24) is 14.5 Å². The topological polar surface area (TPSA) is 119 Å². The standard InChI is InChI=1S/C33H37FN4O5S/c1-22-18-27(30(39)37-13-9-32(41,21-34)10-14-37)19-23(2)28(22)8-17-44(42,43)38-15-11-33(12-16-38)31(40)35-29(36-33)26-7-6-24-4-3-5-25(24)20-26/h3-4,6-8,17-20,41H,5,9-16,21H2,1-2H3,(H,35,36,40)/b17-8+. The Morgan fingerprint density at radius 1 is 1.07 bits per heavy atom.